The number of halogens is 2. The highest BCUT2D eigenvalue weighted by atomic mass is 32.2. The van der Waals surface area contributed by atoms with Gasteiger partial charge in [-0.05, 0) is 73.9 Å². The zero-order valence-electron chi connectivity index (χ0n) is 22.7. The topological polar surface area (TPSA) is 111 Å². The third kappa shape index (κ3) is 5.05. The SMILES string of the molecule is CC[C@H]1CC[C@](CC)(c2cncc(-c3cnc(NS(C)(=O)=O)cc3C)n2)c2nnc(-c3c(F)cccc3F)cc21. The van der Waals surface area contributed by atoms with E-state index in [1.54, 1.807) is 30.7 Å². The molecule has 3 aromatic heterocycles. The van der Waals surface area contributed by atoms with Crippen LogP contribution in [0.4, 0.5) is 14.6 Å². The van der Waals surface area contributed by atoms with E-state index in [-0.39, 0.29) is 23.0 Å². The van der Waals surface area contributed by atoms with Gasteiger partial charge in [0.05, 0.1) is 46.2 Å². The molecule has 0 bridgehead atoms. The maximum atomic E-state index is 14.6. The molecular formula is C29H30F2N6O2S. The Balaban J connectivity index is 1.61. The molecule has 1 aliphatic carbocycles. The van der Waals surface area contributed by atoms with Gasteiger partial charge in [0.25, 0.3) is 0 Å². The number of anilines is 1. The van der Waals surface area contributed by atoms with Crippen molar-refractivity contribution in [3.63, 3.8) is 0 Å². The van der Waals surface area contributed by atoms with Crippen molar-refractivity contribution in [2.24, 2.45) is 0 Å². The van der Waals surface area contributed by atoms with Gasteiger partial charge >= 0.3 is 0 Å². The Labute approximate surface area is 232 Å². The number of aryl methyl sites for hydroxylation is 1. The number of hydrogen-bond acceptors (Lipinski definition) is 7. The van der Waals surface area contributed by atoms with Crippen molar-refractivity contribution in [3.8, 4) is 22.5 Å². The first kappa shape index (κ1) is 27.7. The van der Waals surface area contributed by atoms with Crippen LogP contribution in [0.1, 0.15) is 68.0 Å². The van der Waals surface area contributed by atoms with Gasteiger partial charge < -0.3 is 0 Å². The number of nitrogens with zero attached hydrogens (tertiary/aromatic N) is 5. The highest BCUT2D eigenvalue weighted by Crippen LogP contribution is 2.49. The van der Waals surface area contributed by atoms with E-state index >= 15 is 0 Å². The van der Waals surface area contributed by atoms with E-state index in [0.29, 0.717) is 12.1 Å². The molecule has 0 spiro atoms. The van der Waals surface area contributed by atoms with Crippen LogP contribution in [0, 0.1) is 18.6 Å². The largest absolute Gasteiger partial charge is 0.268 e. The van der Waals surface area contributed by atoms with E-state index in [9.17, 15) is 17.2 Å². The van der Waals surface area contributed by atoms with E-state index in [0.717, 1.165) is 53.6 Å². The van der Waals surface area contributed by atoms with Gasteiger partial charge in [-0.2, -0.15) is 5.10 Å². The third-order valence-electron chi connectivity index (χ3n) is 7.75. The van der Waals surface area contributed by atoms with Crippen LogP contribution in [0.15, 0.2) is 48.9 Å². The first-order chi connectivity index (χ1) is 19.1. The van der Waals surface area contributed by atoms with Gasteiger partial charge in [0, 0.05) is 18.0 Å². The minimum atomic E-state index is -3.46. The van der Waals surface area contributed by atoms with E-state index in [2.05, 4.69) is 38.7 Å². The van der Waals surface area contributed by atoms with Crippen molar-refractivity contribution in [2.75, 3.05) is 11.0 Å². The summed E-state index contributed by atoms with van der Waals surface area (Å²) in [4.78, 5) is 13.8. The Hall–Kier alpha value is -3.86. The second-order valence-corrected chi connectivity index (χ2v) is 12.0. The van der Waals surface area contributed by atoms with Crippen LogP contribution in [0.3, 0.4) is 0 Å². The van der Waals surface area contributed by atoms with E-state index < -0.39 is 27.1 Å². The molecule has 40 heavy (non-hydrogen) atoms. The summed E-state index contributed by atoms with van der Waals surface area (Å²) in [5.74, 6) is -0.973. The van der Waals surface area contributed by atoms with Crippen LogP contribution in [0.5, 0.6) is 0 Å². The molecule has 5 rings (SSSR count). The fraction of sp³-hybridized carbons (Fsp3) is 0.345. The van der Waals surface area contributed by atoms with Crippen molar-refractivity contribution in [3.05, 3.63) is 83.1 Å². The zero-order valence-corrected chi connectivity index (χ0v) is 23.6. The molecule has 0 aliphatic heterocycles. The summed E-state index contributed by atoms with van der Waals surface area (Å²) in [6.07, 6.45) is 9.16. The number of hydrogen-bond donors (Lipinski definition) is 1. The maximum Gasteiger partial charge on any atom is 0.230 e. The highest BCUT2D eigenvalue weighted by molar-refractivity contribution is 7.92. The third-order valence-corrected chi connectivity index (χ3v) is 8.33. The van der Waals surface area contributed by atoms with Crippen molar-refractivity contribution < 1.29 is 17.2 Å². The molecule has 0 saturated carbocycles. The summed E-state index contributed by atoms with van der Waals surface area (Å²) in [5.41, 5.74) is 3.89. The molecular weight excluding hydrogens is 534 g/mol. The lowest BCUT2D eigenvalue weighted by molar-refractivity contribution is 0.352. The van der Waals surface area contributed by atoms with Crippen LogP contribution in [-0.4, -0.2) is 39.8 Å². The number of pyridine rings is 1. The van der Waals surface area contributed by atoms with Gasteiger partial charge in [-0.25, -0.2) is 27.2 Å². The molecule has 0 saturated heterocycles. The van der Waals surface area contributed by atoms with Gasteiger partial charge in [0.1, 0.15) is 17.5 Å². The fourth-order valence-electron chi connectivity index (χ4n) is 5.64. The Kier molecular flexibility index (Phi) is 7.34. The van der Waals surface area contributed by atoms with Gasteiger partial charge in [0.2, 0.25) is 10.0 Å². The second kappa shape index (κ2) is 10.6. The summed E-state index contributed by atoms with van der Waals surface area (Å²) >= 11 is 0. The van der Waals surface area contributed by atoms with Gasteiger partial charge in [-0.1, -0.05) is 19.9 Å². The lowest BCUT2D eigenvalue weighted by Crippen LogP contribution is -2.36. The Morgan fingerprint density at radius 2 is 1.80 bits per heavy atom. The van der Waals surface area contributed by atoms with Crippen LogP contribution in [0.25, 0.3) is 22.5 Å². The Bertz CT molecular complexity index is 1680. The number of nitrogens with one attached hydrogen (secondary N) is 1. The Morgan fingerprint density at radius 3 is 2.45 bits per heavy atom. The first-order valence-corrected chi connectivity index (χ1v) is 15.0. The average molecular weight is 565 g/mol. The molecule has 1 N–H and O–H groups in total. The van der Waals surface area contributed by atoms with Gasteiger partial charge in [-0.15, -0.1) is 5.10 Å². The second-order valence-electron chi connectivity index (χ2n) is 10.3. The minimum absolute atomic E-state index is 0.163. The van der Waals surface area contributed by atoms with Crippen LogP contribution in [0.2, 0.25) is 0 Å². The molecule has 11 heteroatoms. The van der Waals surface area contributed by atoms with E-state index in [1.165, 1.54) is 18.2 Å². The summed E-state index contributed by atoms with van der Waals surface area (Å²) in [7, 11) is -3.46. The number of rotatable bonds is 7. The molecule has 3 heterocycles. The predicted octanol–water partition coefficient (Wildman–Crippen LogP) is 5.94. The molecule has 1 aliphatic rings. The molecule has 208 valence electrons. The molecule has 0 unspecified atom stereocenters. The number of fused-ring (bicyclic) bond motifs is 1. The van der Waals surface area contributed by atoms with Crippen LogP contribution < -0.4 is 4.72 Å². The quantitative estimate of drug-likeness (QED) is 0.296. The number of benzene rings is 1. The molecule has 8 nitrogen and oxygen atoms in total. The van der Waals surface area contributed by atoms with Crippen molar-refractivity contribution in [2.45, 2.75) is 57.8 Å². The molecule has 4 aromatic rings. The van der Waals surface area contributed by atoms with Crippen molar-refractivity contribution >= 4 is 15.8 Å². The lowest BCUT2D eigenvalue weighted by Gasteiger charge is -2.39. The predicted molar refractivity (Wildman–Crippen MR) is 149 cm³/mol. The van der Waals surface area contributed by atoms with E-state index in [4.69, 9.17) is 4.98 Å². The molecule has 0 amide bonds. The standard InChI is InChI=1S/C29H30F2N6O2S/c1-5-18-10-11-29(6-2,28-19(18)13-23(35-36-28)27-21(30)8-7-9-22(27)31)25-16-32-15-24(34-25)20-14-33-26(12-17(20)3)37-40(4,38)39/h7-9,12-16,18H,5-6,10-11H2,1-4H3,(H,33,37)/t18-,29+/m0/s1. The summed E-state index contributed by atoms with van der Waals surface area (Å²) in [5, 5.41) is 8.92. The molecule has 1 aromatic carbocycles. The van der Waals surface area contributed by atoms with Crippen molar-refractivity contribution in [1.82, 2.24) is 25.1 Å². The average Bonchev–Trinajstić information content (AvgIpc) is 2.91. The highest BCUT2D eigenvalue weighted by Gasteiger charge is 2.43. The molecule has 0 fully saturated rings. The van der Waals surface area contributed by atoms with Crippen LogP contribution >= 0.6 is 0 Å². The monoisotopic (exact) mass is 564 g/mol. The van der Waals surface area contributed by atoms with Gasteiger partial charge in [-0.3, -0.25) is 9.71 Å². The lowest BCUT2D eigenvalue weighted by atomic mass is 9.65. The summed E-state index contributed by atoms with van der Waals surface area (Å²) < 4.78 is 54.8. The van der Waals surface area contributed by atoms with E-state index in [1.807, 2.05) is 6.92 Å². The number of sulfonamides is 1. The maximum absolute atomic E-state index is 14.6. The molecule has 2 atom stereocenters. The van der Waals surface area contributed by atoms with Gasteiger partial charge in [0.15, 0.2) is 0 Å². The smallest absolute Gasteiger partial charge is 0.230 e. The molecule has 0 radical (unpaired) electrons. The number of aromatic nitrogens is 5. The Morgan fingerprint density at radius 1 is 1.05 bits per heavy atom. The minimum Gasteiger partial charge on any atom is -0.268 e. The van der Waals surface area contributed by atoms with Crippen LogP contribution in [-0.2, 0) is 15.4 Å². The van der Waals surface area contributed by atoms with Crippen molar-refractivity contribution in [1.29, 1.82) is 0 Å². The zero-order chi connectivity index (χ0) is 28.7. The first-order valence-electron chi connectivity index (χ1n) is 13.2. The summed E-state index contributed by atoms with van der Waals surface area (Å²) in [6.45, 7) is 6.01. The summed E-state index contributed by atoms with van der Waals surface area (Å²) in [6, 6.07) is 7.19. The fourth-order valence-corrected chi connectivity index (χ4v) is 6.14. The normalized spacial score (nSPS) is 18.8.